The molecule has 84 valence electrons. The average molecular weight is 232 g/mol. The molecule has 2 N–H and O–H groups in total. The van der Waals surface area contributed by atoms with Crippen molar-refractivity contribution in [2.45, 2.75) is 26.3 Å². The number of hydrogen-bond acceptors (Lipinski definition) is 3. The molecule has 0 bridgehead atoms. The maximum atomic E-state index is 6.28. The Labute approximate surface area is 100 Å². The molecule has 2 aromatic heterocycles. The normalized spacial score (nSPS) is 12.7. The van der Waals surface area contributed by atoms with Gasteiger partial charge in [-0.15, -0.1) is 11.3 Å². The first-order chi connectivity index (χ1) is 7.72. The summed E-state index contributed by atoms with van der Waals surface area (Å²) in [5.74, 6) is 0. The molecule has 0 saturated heterocycles. The summed E-state index contributed by atoms with van der Waals surface area (Å²) < 4.78 is 0. The third kappa shape index (κ3) is 2.15. The quantitative estimate of drug-likeness (QED) is 0.883. The summed E-state index contributed by atoms with van der Waals surface area (Å²) in [6.45, 7) is 4.24. The van der Waals surface area contributed by atoms with Crippen LogP contribution in [-0.2, 0) is 6.42 Å². The van der Waals surface area contributed by atoms with E-state index in [9.17, 15) is 0 Å². The molecule has 0 aliphatic heterocycles. The van der Waals surface area contributed by atoms with Crippen molar-refractivity contribution in [2.75, 3.05) is 0 Å². The molecule has 0 radical (unpaired) electrons. The standard InChI is InChI=1S/C13H16N2S/c1-3-10-7-15-5-4-12(10)13(14)11-6-9(2)16-8-11/h4-8,13H,3,14H2,1-2H3. The fourth-order valence-electron chi connectivity index (χ4n) is 1.84. The highest BCUT2D eigenvalue weighted by Gasteiger charge is 2.13. The molecular weight excluding hydrogens is 216 g/mol. The van der Waals surface area contributed by atoms with Crippen molar-refractivity contribution >= 4 is 11.3 Å². The van der Waals surface area contributed by atoms with E-state index in [1.807, 2.05) is 18.5 Å². The Morgan fingerprint density at radius 2 is 2.31 bits per heavy atom. The summed E-state index contributed by atoms with van der Waals surface area (Å²) >= 11 is 1.75. The maximum absolute atomic E-state index is 6.28. The SMILES string of the molecule is CCc1cnccc1C(N)c1csc(C)c1. The molecule has 1 unspecified atom stereocenters. The molecule has 1 atom stereocenters. The van der Waals surface area contributed by atoms with E-state index in [1.54, 1.807) is 11.3 Å². The van der Waals surface area contributed by atoms with Crippen molar-refractivity contribution in [1.82, 2.24) is 4.98 Å². The molecule has 2 rings (SSSR count). The van der Waals surface area contributed by atoms with Crippen LogP contribution in [0.5, 0.6) is 0 Å². The number of nitrogens with zero attached hydrogens (tertiary/aromatic N) is 1. The topological polar surface area (TPSA) is 38.9 Å². The van der Waals surface area contributed by atoms with Gasteiger partial charge in [-0.3, -0.25) is 4.98 Å². The van der Waals surface area contributed by atoms with Gasteiger partial charge in [0.1, 0.15) is 0 Å². The number of thiophene rings is 1. The Kier molecular flexibility index (Phi) is 3.36. The molecule has 0 amide bonds. The lowest BCUT2D eigenvalue weighted by molar-refractivity contribution is 0.847. The smallest absolute Gasteiger partial charge is 0.0563 e. The van der Waals surface area contributed by atoms with Gasteiger partial charge in [-0.05, 0) is 47.5 Å². The summed E-state index contributed by atoms with van der Waals surface area (Å²) in [5, 5.41) is 2.14. The van der Waals surface area contributed by atoms with Crippen LogP contribution in [0.25, 0.3) is 0 Å². The molecule has 0 spiro atoms. The predicted octanol–water partition coefficient (Wildman–Crippen LogP) is 3.06. The van der Waals surface area contributed by atoms with Crippen LogP contribution in [0, 0.1) is 6.92 Å². The fourth-order valence-corrected chi connectivity index (χ4v) is 2.58. The molecule has 0 aliphatic rings. The molecule has 2 heterocycles. The Balaban J connectivity index is 2.36. The third-order valence-corrected chi connectivity index (χ3v) is 3.65. The number of aryl methyl sites for hydroxylation is 2. The minimum absolute atomic E-state index is 0.0251. The van der Waals surface area contributed by atoms with Gasteiger partial charge in [0.15, 0.2) is 0 Å². The Morgan fingerprint density at radius 1 is 1.50 bits per heavy atom. The monoisotopic (exact) mass is 232 g/mol. The van der Waals surface area contributed by atoms with Gasteiger partial charge in [-0.2, -0.15) is 0 Å². The largest absolute Gasteiger partial charge is 0.320 e. The van der Waals surface area contributed by atoms with E-state index in [0.29, 0.717) is 0 Å². The average Bonchev–Trinajstić information content (AvgIpc) is 2.75. The highest BCUT2D eigenvalue weighted by atomic mass is 32.1. The first-order valence-electron chi connectivity index (χ1n) is 5.45. The molecule has 2 nitrogen and oxygen atoms in total. The van der Waals surface area contributed by atoms with Gasteiger partial charge in [0.25, 0.3) is 0 Å². The van der Waals surface area contributed by atoms with E-state index < -0.39 is 0 Å². The second-order valence-electron chi connectivity index (χ2n) is 3.90. The van der Waals surface area contributed by atoms with Crippen LogP contribution < -0.4 is 5.73 Å². The van der Waals surface area contributed by atoms with Crippen LogP contribution >= 0.6 is 11.3 Å². The maximum Gasteiger partial charge on any atom is 0.0563 e. The van der Waals surface area contributed by atoms with Gasteiger partial charge >= 0.3 is 0 Å². The fraction of sp³-hybridized carbons (Fsp3) is 0.308. The van der Waals surface area contributed by atoms with Crippen LogP contribution in [0.2, 0.25) is 0 Å². The van der Waals surface area contributed by atoms with Crippen LogP contribution in [-0.4, -0.2) is 4.98 Å². The lowest BCUT2D eigenvalue weighted by Crippen LogP contribution is -2.13. The molecular formula is C13H16N2S. The number of aromatic nitrogens is 1. The first-order valence-corrected chi connectivity index (χ1v) is 6.33. The molecule has 3 heteroatoms. The zero-order valence-electron chi connectivity index (χ0n) is 9.60. The number of nitrogens with two attached hydrogens (primary N) is 1. The summed E-state index contributed by atoms with van der Waals surface area (Å²) in [6, 6.07) is 4.16. The molecule has 0 saturated carbocycles. The van der Waals surface area contributed by atoms with Crippen molar-refractivity contribution in [3.05, 3.63) is 51.5 Å². The number of hydrogen-bond donors (Lipinski definition) is 1. The first kappa shape index (κ1) is 11.3. The van der Waals surface area contributed by atoms with E-state index in [-0.39, 0.29) is 6.04 Å². The zero-order chi connectivity index (χ0) is 11.5. The zero-order valence-corrected chi connectivity index (χ0v) is 10.4. The van der Waals surface area contributed by atoms with Crippen molar-refractivity contribution < 1.29 is 0 Å². The third-order valence-electron chi connectivity index (χ3n) is 2.77. The molecule has 0 aliphatic carbocycles. The van der Waals surface area contributed by atoms with Crippen molar-refractivity contribution in [3.63, 3.8) is 0 Å². The van der Waals surface area contributed by atoms with Gasteiger partial charge in [0, 0.05) is 17.3 Å². The van der Waals surface area contributed by atoms with Crippen LogP contribution in [0.3, 0.4) is 0 Å². The predicted molar refractivity (Wildman–Crippen MR) is 68.7 cm³/mol. The van der Waals surface area contributed by atoms with E-state index in [4.69, 9.17) is 5.73 Å². The van der Waals surface area contributed by atoms with Gasteiger partial charge in [-0.1, -0.05) is 6.92 Å². The van der Waals surface area contributed by atoms with Gasteiger partial charge in [0.05, 0.1) is 6.04 Å². The molecule has 0 fully saturated rings. The van der Waals surface area contributed by atoms with E-state index in [2.05, 4.69) is 30.3 Å². The second kappa shape index (κ2) is 4.76. The lowest BCUT2D eigenvalue weighted by Gasteiger charge is -2.14. The number of rotatable bonds is 3. The van der Waals surface area contributed by atoms with Crippen LogP contribution in [0.4, 0.5) is 0 Å². The van der Waals surface area contributed by atoms with E-state index in [1.165, 1.54) is 21.6 Å². The van der Waals surface area contributed by atoms with Gasteiger partial charge in [-0.25, -0.2) is 0 Å². The van der Waals surface area contributed by atoms with Crippen LogP contribution in [0.1, 0.15) is 34.5 Å². The minimum atomic E-state index is -0.0251. The highest BCUT2D eigenvalue weighted by molar-refractivity contribution is 7.10. The summed E-state index contributed by atoms with van der Waals surface area (Å²) in [5.41, 5.74) is 9.91. The second-order valence-corrected chi connectivity index (χ2v) is 5.01. The summed E-state index contributed by atoms with van der Waals surface area (Å²) in [7, 11) is 0. The summed E-state index contributed by atoms with van der Waals surface area (Å²) in [4.78, 5) is 5.45. The highest BCUT2D eigenvalue weighted by Crippen LogP contribution is 2.26. The molecule has 0 aromatic carbocycles. The Morgan fingerprint density at radius 3 is 2.94 bits per heavy atom. The van der Waals surface area contributed by atoms with E-state index in [0.717, 1.165) is 6.42 Å². The molecule has 16 heavy (non-hydrogen) atoms. The summed E-state index contributed by atoms with van der Waals surface area (Å²) in [6.07, 6.45) is 4.70. The Hall–Kier alpha value is -1.19. The Bertz CT molecular complexity index is 476. The minimum Gasteiger partial charge on any atom is -0.320 e. The van der Waals surface area contributed by atoms with Crippen molar-refractivity contribution in [3.8, 4) is 0 Å². The van der Waals surface area contributed by atoms with Crippen molar-refractivity contribution in [1.29, 1.82) is 0 Å². The van der Waals surface area contributed by atoms with Gasteiger partial charge in [0.2, 0.25) is 0 Å². The van der Waals surface area contributed by atoms with E-state index >= 15 is 0 Å². The van der Waals surface area contributed by atoms with Crippen molar-refractivity contribution in [2.24, 2.45) is 5.73 Å². The number of pyridine rings is 1. The van der Waals surface area contributed by atoms with Crippen LogP contribution in [0.15, 0.2) is 29.9 Å². The molecule has 2 aromatic rings. The van der Waals surface area contributed by atoms with Gasteiger partial charge < -0.3 is 5.73 Å². The lowest BCUT2D eigenvalue weighted by atomic mass is 9.97.